The summed E-state index contributed by atoms with van der Waals surface area (Å²) in [6.07, 6.45) is -4.64. The van der Waals surface area contributed by atoms with E-state index in [2.05, 4.69) is 19.4 Å². The van der Waals surface area contributed by atoms with E-state index in [0.717, 1.165) is 16.1 Å². The fraction of sp³-hybridized carbons (Fsp3) is 0.125. The first-order valence-corrected chi connectivity index (χ1v) is 7.75. The van der Waals surface area contributed by atoms with Gasteiger partial charge in [0.2, 0.25) is 5.82 Å². The first-order valence-electron chi connectivity index (χ1n) is 6.93. The van der Waals surface area contributed by atoms with Crippen molar-refractivity contribution in [2.45, 2.75) is 18.0 Å². The second-order valence-corrected chi connectivity index (χ2v) is 5.84. The smallest absolute Gasteiger partial charge is 0.329 e. The predicted octanol–water partition coefficient (Wildman–Crippen LogP) is 5.18. The van der Waals surface area contributed by atoms with Crippen molar-refractivity contribution in [3.8, 4) is 11.4 Å². The number of aryl methyl sites for hydroxylation is 1. The topological polar surface area (TPSA) is 51.0 Å². The van der Waals surface area contributed by atoms with E-state index in [1.54, 1.807) is 24.3 Å². The molecule has 0 unspecified atom stereocenters. The molecule has 0 bridgehead atoms. The van der Waals surface area contributed by atoms with Crippen LogP contribution in [0, 0.1) is 6.92 Å². The molecular formula is C16H12F3N3OS. The van der Waals surface area contributed by atoms with Crippen LogP contribution in [-0.4, -0.2) is 10.1 Å². The van der Waals surface area contributed by atoms with Gasteiger partial charge in [-0.15, -0.1) is 0 Å². The van der Waals surface area contributed by atoms with Crippen LogP contribution in [0.2, 0.25) is 0 Å². The van der Waals surface area contributed by atoms with Crippen molar-refractivity contribution in [3.05, 3.63) is 60.0 Å². The molecular weight excluding hydrogens is 339 g/mol. The number of rotatable bonds is 4. The Morgan fingerprint density at radius 2 is 1.75 bits per heavy atom. The van der Waals surface area contributed by atoms with Crippen LogP contribution in [-0.2, 0) is 6.18 Å². The maximum atomic E-state index is 12.5. The van der Waals surface area contributed by atoms with Gasteiger partial charge in [-0.3, -0.25) is 0 Å². The number of halogens is 3. The summed E-state index contributed by atoms with van der Waals surface area (Å²) in [6, 6.07) is 14.7. The van der Waals surface area contributed by atoms with Gasteiger partial charge in [0.25, 0.3) is 0 Å². The highest BCUT2D eigenvalue weighted by Gasteiger charge is 2.38. The lowest BCUT2D eigenvalue weighted by molar-refractivity contribution is -0.159. The maximum absolute atomic E-state index is 12.5. The van der Waals surface area contributed by atoms with Gasteiger partial charge in [0.15, 0.2) is 0 Å². The Labute approximate surface area is 140 Å². The summed E-state index contributed by atoms with van der Waals surface area (Å²) >= 11 is 1.41. The summed E-state index contributed by atoms with van der Waals surface area (Å²) in [6.45, 7) is 2.00. The minimum atomic E-state index is -4.64. The van der Waals surface area contributed by atoms with Crippen LogP contribution in [0.4, 0.5) is 18.9 Å². The van der Waals surface area contributed by atoms with Gasteiger partial charge in [0.1, 0.15) is 0 Å². The van der Waals surface area contributed by atoms with E-state index in [9.17, 15) is 13.2 Å². The van der Waals surface area contributed by atoms with E-state index in [1.165, 1.54) is 11.9 Å². The quantitative estimate of drug-likeness (QED) is 0.656. The number of benzene rings is 2. The second-order valence-electron chi connectivity index (χ2n) is 4.96. The van der Waals surface area contributed by atoms with E-state index in [-0.39, 0.29) is 5.82 Å². The van der Waals surface area contributed by atoms with Gasteiger partial charge in [0.05, 0.1) is 0 Å². The molecule has 24 heavy (non-hydrogen) atoms. The van der Waals surface area contributed by atoms with Crippen molar-refractivity contribution < 1.29 is 17.7 Å². The first-order chi connectivity index (χ1) is 11.4. The zero-order chi connectivity index (χ0) is 17.2. The first kappa shape index (κ1) is 16.4. The molecule has 4 nitrogen and oxygen atoms in total. The van der Waals surface area contributed by atoms with E-state index < -0.39 is 12.1 Å². The minimum absolute atomic E-state index is 0.0919. The zero-order valence-corrected chi connectivity index (χ0v) is 13.3. The fourth-order valence-corrected chi connectivity index (χ4v) is 2.66. The van der Waals surface area contributed by atoms with Crippen molar-refractivity contribution in [1.82, 2.24) is 10.1 Å². The summed E-state index contributed by atoms with van der Waals surface area (Å²) in [5.74, 6) is -1.44. The Balaban J connectivity index is 1.69. The van der Waals surface area contributed by atoms with Crippen LogP contribution < -0.4 is 4.72 Å². The predicted molar refractivity (Wildman–Crippen MR) is 85.4 cm³/mol. The van der Waals surface area contributed by atoms with Crippen molar-refractivity contribution in [2.75, 3.05) is 4.72 Å². The number of anilines is 1. The Kier molecular flexibility index (Phi) is 4.48. The monoisotopic (exact) mass is 351 g/mol. The third-order valence-electron chi connectivity index (χ3n) is 3.20. The van der Waals surface area contributed by atoms with Crippen molar-refractivity contribution >= 4 is 17.6 Å². The van der Waals surface area contributed by atoms with Gasteiger partial charge in [-0.2, -0.15) is 18.2 Å². The molecule has 0 saturated heterocycles. The number of aromatic nitrogens is 2. The van der Waals surface area contributed by atoms with Gasteiger partial charge in [-0.1, -0.05) is 23.4 Å². The molecule has 1 heterocycles. The number of nitrogens with one attached hydrogen (secondary N) is 1. The Hall–Kier alpha value is -2.48. The van der Waals surface area contributed by atoms with Crippen LogP contribution >= 0.6 is 11.9 Å². The molecule has 124 valence electrons. The van der Waals surface area contributed by atoms with Gasteiger partial charge >= 0.3 is 12.1 Å². The molecule has 0 aliphatic carbocycles. The summed E-state index contributed by atoms with van der Waals surface area (Å²) in [7, 11) is 0. The van der Waals surface area contributed by atoms with Gasteiger partial charge < -0.3 is 9.25 Å². The van der Waals surface area contributed by atoms with Crippen LogP contribution in [0.1, 0.15) is 11.5 Å². The lowest BCUT2D eigenvalue weighted by atomic mass is 10.2. The highest BCUT2D eigenvalue weighted by molar-refractivity contribution is 8.00. The largest absolute Gasteiger partial charge is 0.471 e. The Morgan fingerprint density at radius 1 is 1.04 bits per heavy atom. The van der Waals surface area contributed by atoms with Crippen LogP contribution in [0.3, 0.4) is 0 Å². The number of hydrogen-bond donors (Lipinski definition) is 1. The second kappa shape index (κ2) is 6.56. The molecule has 3 aromatic rings. The maximum Gasteiger partial charge on any atom is 0.471 e. The van der Waals surface area contributed by atoms with Gasteiger partial charge in [-0.25, -0.2) is 0 Å². The molecule has 2 aromatic carbocycles. The average Bonchev–Trinajstić information content (AvgIpc) is 3.05. The molecule has 1 N–H and O–H groups in total. The van der Waals surface area contributed by atoms with E-state index in [0.29, 0.717) is 5.56 Å². The normalized spacial score (nSPS) is 11.5. The number of nitrogens with zero attached hydrogens (tertiary/aromatic N) is 2. The number of hydrogen-bond acceptors (Lipinski definition) is 5. The summed E-state index contributed by atoms with van der Waals surface area (Å²) < 4.78 is 44.9. The third-order valence-corrected chi connectivity index (χ3v) is 4.03. The van der Waals surface area contributed by atoms with Crippen molar-refractivity contribution in [2.24, 2.45) is 0 Å². The highest BCUT2D eigenvalue weighted by Crippen LogP contribution is 2.30. The molecule has 0 fully saturated rings. The number of alkyl halides is 3. The van der Waals surface area contributed by atoms with Crippen LogP contribution in [0.5, 0.6) is 0 Å². The van der Waals surface area contributed by atoms with E-state index in [1.807, 2.05) is 31.2 Å². The average molecular weight is 351 g/mol. The molecule has 0 aliphatic rings. The summed E-state index contributed by atoms with van der Waals surface area (Å²) in [5, 5.41) is 3.36. The lowest BCUT2D eigenvalue weighted by Crippen LogP contribution is -2.04. The summed E-state index contributed by atoms with van der Waals surface area (Å²) in [5.41, 5.74) is 2.57. The minimum Gasteiger partial charge on any atom is -0.329 e. The van der Waals surface area contributed by atoms with Crippen molar-refractivity contribution in [1.29, 1.82) is 0 Å². The van der Waals surface area contributed by atoms with Crippen LogP contribution in [0.15, 0.2) is 57.9 Å². The van der Waals surface area contributed by atoms with E-state index >= 15 is 0 Å². The third kappa shape index (κ3) is 3.70. The SMILES string of the molecule is Cc1ccccc1NSc1ccc(-c2noc(C(F)(F)F)n2)cc1. The zero-order valence-electron chi connectivity index (χ0n) is 12.5. The standard InChI is InChI=1S/C16H12F3N3OS/c1-10-4-2-3-5-13(10)22-24-12-8-6-11(7-9-12)14-20-15(23-21-14)16(17,18)19/h2-9,22H,1H3. The molecule has 0 amide bonds. The molecule has 1 aromatic heterocycles. The van der Waals surface area contributed by atoms with Crippen molar-refractivity contribution in [3.63, 3.8) is 0 Å². The van der Waals surface area contributed by atoms with E-state index in [4.69, 9.17) is 0 Å². The Bertz CT molecular complexity index is 831. The Morgan fingerprint density at radius 3 is 2.38 bits per heavy atom. The molecule has 0 saturated carbocycles. The lowest BCUT2D eigenvalue weighted by Gasteiger charge is -2.08. The molecule has 0 radical (unpaired) electrons. The summed E-state index contributed by atoms with van der Waals surface area (Å²) in [4.78, 5) is 4.27. The van der Waals surface area contributed by atoms with Gasteiger partial charge in [-0.05, 0) is 54.8 Å². The van der Waals surface area contributed by atoms with Gasteiger partial charge in [0, 0.05) is 16.1 Å². The fourth-order valence-electron chi connectivity index (χ4n) is 1.93. The molecule has 0 atom stereocenters. The molecule has 0 spiro atoms. The van der Waals surface area contributed by atoms with Crippen LogP contribution in [0.25, 0.3) is 11.4 Å². The molecule has 0 aliphatic heterocycles. The molecule has 3 rings (SSSR count). The number of para-hydroxylation sites is 1. The molecule has 8 heteroatoms. The highest BCUT2D eigenvalue weighted by atomic mass is 32.2.